The zero-order chi connectivity index (χ0) is 14.5. The van der Waals surface area contributed by atoms with Crippen LogP contribution in [0, 0.1) is 0 Å². The fraction of sp³-hybridized carbons (Fsp3) is 0.333. The number of hydrogen-bond donors (Lipinski definition) is 1. The quantitative estimate of drug-likeness (QED) is 0.800. The third kappa shape index (κ3) is 3.65. The first kappa shape index (κ1) is 15.1. The molecule has 2 heteroatoms. The molecule has 0 aromatic heterocycles. The van der Waals surface area contributed by atoms with Crippen LogP contribution in [0.1, 0.15) is 42.5 Å². The van der Waals surface area contributed by atoms with Crippen LogP contribution in [0.5, 0.6) is 0 Å². The van der Waals surface area contributed by atoms with Crippen LogP contribution >= 0.6 is 11.8 Å². The maximum Gasteiger partial charge on any atom is 0.0346 e. The van der Waals surface area contributed by atoms with Gasteiger partial charge >= 0.3 is 0 Å². The lowest BCUT2D eigenvalue weighted by Crippen LogP contribution is -2.14. The smallest absolute Gasteiger partial charge is 0.0346 e. The van der Waals surface area contributed by atoms with Gasteiger partial charge in [0.05, 0.1) is 0 Å². The predicted molar refractivity (Wildman–Crippen MR) is 89.4 cm³/mol. The maximum absolute atomic E-state index is 6.39. The highest BCUT2D eigenvalue weighted by atomic mass is 32.2. The van der Waals surface area contributed by atoms with E-state index in [0.29, 0.717) is 5.92 Å². The minimum absolute atomic E-state index is 0.0588. The van der Waals surface area contributed by atoms with E-state index in [2.05, 4.69) is 68.6 Å². The lowest BCUT2D eigenvalue weighted by Gasteiger charge is -2.16. The highest BCUT2D eigenvalue weighted by Gasteiger charge is 2.11. The van der Waals surface area contributed by atoms with Gasteiger partial charge in [-0.2, -0.15) is 0 Å². The molecule has 2 aromatic carbocycles. The molecule has 1 unspecified atom stereocenters. The number of nitrogens with two attached hydrogens (primary N) is 1. The van der Waals surface area contributed by atoms with Gasteiger partial charge in [-0.15, -0.1) is 11.8 Å². The molecule has 0 aliphatic carbocycles. The van der Waals surface area contributed by atoms with Crippen molar-refractivity contribution in [2.75, 3.05) is 6.26 Å². The minimum atomic E-state index is 0.0588. The lowest BCUT2D eigenvalue weighted by atomic mass is 9.96. The van der Waals surface area contributed by atoms with E-state index in [0.717, 1.165) is 6.42 Å². The van der Waals surface area contributed by atoms with Crippen LogP contribution in [0.2, 0.25) is 0 Å². The second-order valence-electron chi connectivity index (χ2n) is 5.45. The number of rotatable bonds is 5. The van der Waals surface area contributed by atoms with E-state index in [-0.39, 0.29) is 6.04 Å². The summed E-state index contributed by atoms with van der Waals surface area (Å²) in [6.07, 6.45) is 2.99. The molecular formula is C18H23NS. The Morgan fingerprint density at radius 1 is 1.00 bits per heavy atom. The average molecular weight is 285 g/mol. The zero-order valence-corrected chi connectivity index (χ0v) is 13.3. The van der Waals surface area contributed by atoms with Crippen molar-refractivity contribution in [3.8, 4) is 0 Å². The summed E-state index contributed by atoms with van der Waals surface area (Å²) in [6.45, 7) is 4.44. The Bertz CT molecular complexity index is 546. The molecule has 1 nitrogen and oxygen atoms in total. The highest BCUT2D eigenvalue weighted by molar-refractivity contribution is 7.98. The van der Waals surface area contributed by atoms with Crippen molar-refractivity contribution < 1.29 is 0 Å². The molecule has 2 rings (SSSR count). The Hall–Kier alpha value is -1.25. The molecule has 106 valence electrons. The molecule has 0 fully saturated rings. The van der Waals surface area contributed by atoms with Crippen molar-refractivity contribution in [3.05, 3.63) is 65.2 Å². The van der Waals surface area contributed by atoms with E-state index in [4.69, 9.17) is 5.73 Å². The molecule has 0 spiro atoms. The Labute approximate surface area is 126 Å². The largest absolute Gasteiger partial charge is 0.324 e. The van der Waals surface area contributed by atoms with Crippen molar-refractivity contribution in [1.82, 2.24) is 0 Å². The van der Waals surface area contributed by atoms with Gasteiger partial charge in [0.25, 0.3) is 0 Å². The molecule has 0 amide bonds. The monoisotopic (exact) mass is 285 g/mol. The average Bonchev–Trinajstić information content (AvgIpc) is 2.47. The van der Waals surface area contributed by atoms with Crippen molar-refractivity contribution in [2.24, 2.45) is 5.73 Å². The van der Waals surface area contributed by atoms with Crippen LogP contribution in [-0.2, 0) is 6.42 Å². The van der Waals surface area contributed by atoms with E-state index in [1.54, 1.807) is 11.8 Å². The van der Waals surface area contributed by atoms with Gasteiger partial charge in [0.15, 0.2) is 0 Å². The van der Waals surface area contributed by atoms with Gasteiger partial charge in [0, 0.05) is 10.9 Å². The van der Waals surface area contributed by atoms with Crippen LogP contribution in [-0.4, -0.2) is 6.26 Å². The summed E-state index contributed by atoms with van der Waals surface area (Å²) in [5, 5.41) is 0. The van der Waals surface area contributed by atoms with Gasteiger partial charge in [0.2, 0.25) is 0 Å². The van der Waals surface area contributed by atoms with Crippen LogP contribution < -0.4 is 5.73 Å². The number of benzene rings is 2. The Kier molecular flexibility index (Phi) is 5.27. The van der Waals surface area contributed by atoms with E-state index in [1.807, 2.05) is 0 Å². The Morgan fingerprint density at radius 3 is 2.25 bits per heavy atom. The highest BCUT2D eigenvalue weighted by Crippen LogP contribution is 2.27. The number of hydrogen-bond acceptors (Lipinski definition) is 2. The van der Waals surface area contributed by atoms with Crippen molar-refractivity contribution in [2.45, 2.75) is 37.1 Å². The Balaban J connectivity index is 2.13. The van der Waals surface area contributed by atoms with Crippen molar-refractivity contribution >= 4 is 11.8 Å². The second kappa shape index (κ2) is 6.96. The third-order valence-corrected chi connectivity index (χ3v) is 4.45. The van der Waals surface area contributed by atoms with Gasteiger partial charge < -0.3 is 5.73 Å². The molecule has 0 bridgehead atoms. The van der Waals surface area contributed by atoms with E-state index < -0.39 is 0 Å². The van der Waals surface area contributed by atoms with E-state index >= 15 is 0 Å². The van der Waals surface area contributed by atoms with Crippen LogP contribution in [0.25, 0.3) is 0 Å². The summed E-state index contributed by atoms with van der Waals surface area (Å²) in [6, 6.07) is 17.3. The van der Waals surface area contributed by atoms with E-state index in [1.165, 1.54) is 21.6 Å². The standard InChI is InChI=1S/C18H23NS/c1-13(2)15-10-8-14(9-11-15)12-17(19)16-6-4-5-7-18(16)20-3/h4-11,13,17H,12,19H2,1-3H3. The summed E-state index contributed by atoms with van der Waals surface area (Å²) in [5.41, 5.74) is 10.3. The Morgan fingerprint density at radius 2 is 1.65 bits per heavy atom. The van der Waals surface area contributed by atoms with Gasteiger partial charge in [0.1, 0.15) is 0 Å². The molecule has 0 heterocycles. The molecule has 0 aliphatic rings. The first-order chi connectivity index (χ1) is 9.61. The summed E-state index contributed by atoms with van der Waals surface area (Å²) in [5.74, 6) is 0.579. The first-order valence-electron chi connectivity index (χ1n) is 7.09. The van der Waals surface area contributed by atoms with Crippen LogP contribution in [0.4, 0.5) is 0 Å². The maximum atomic E-state index is 6.39. The second-order valence-corrected chi connectivity index (χ2v) is 6.30. The van der Waals surface area contributed by atoms with Crippen LogP contribution in [0.3, 0.4) is 0 Å². The molecule has 0 aliphatic heterocycles. The van der Waals surface area contributed by atoms with Gasteiger partial charge in [-0.25, -0.2) is 0 Å². The molecule has 0 saturated carbocycles. The molecule has 2 N–H and O–H groups in total. The summed E-state index contributed by atoms with van der Waals surface area (Å²) >= 11 is 1.76. The van der Waals surface area contributed by atoms with Crippen molar-refractivity contribution in [3.63, 3.8) is 0 Å². The summed E-state index contributed by atoms with van der Waals surface area (Å²) in [4.78, 5) is 1.28. The van der Waals surface area contributed by atoms with Gasteiger partial charge in [-0.05, 0) is 41.4 Å². The normalized spacial score (nSPS) is 12.7. The van der Waals surface area contributed by atoms with E-state index in [9.17, 15) is 0 Å². The number of thioether (sulfide) groups is 1. The van der Waals surface area contributed by atoms with Crippen LogP contribution in [0.15, 0.2) is 53.4 Å². The topological polar surface area (TPSA) is 26.0 Å². The zero-order valence-electron chi connectivity index (χ0n) is 12.5. The summed E-state index contributed by atoms with van der Waals surface area (Å²) in [7, 11) is 0. The third-order valence-electron chi connectivity index (χ3n) is 3.64. The molecule has 2 aromatic rings. The first-order valence-corrected chi connectivity index (χ1v) is 8.31. The molecular weight excluding hydrogens is 262 g/mol. The molecule has 0 radical (unpaired) electrons. The minimum Gasteiger partial charge on any atom is -0.324 e. The fourth-order valence-electron chi connectivity index (χ4n) is 2.38. The molecule has 1 atom stereocenters. The predicted octanol–water partition coefficient (Wildman–Crippen LogP) is 4.77. The SMILES string of the molecule is CSc1ccccc1C(N)Cc1ccc(C(C)C)cc1. The summed E-state index contributed by atoms with van der Waals surface area (Å²) < 4.78 is 0. The molecule has 20 heavy (non-hydrogen) atoms. The van der Waals surface area contributed by atoms with Crippen molar-refractivity contribution in [1.29, 1.82) is 0 Å². The lowest BCUT2D eigenvalue weighted by molar-refractivity contribution is 0.707. The molecule has 0 saturated heterocycles. The van der Waals surface area contributed by atoms with Gasteiger partial charge in [-0.3, -0.25) is 0 Å². The van der Waals surface area contributed by atoms with Gasteiger partial charge in [-0.1, -0.05) is 56.3 Å². The fourth-order valence-corrected chi connectivity index (χ4v) is 3.05.